The second kappa shape index (κ2) is 7.65. The number of carbonyl (C=O) groups excluding carboxylic acids is 2. The second-order valence-electron chi connectivity index (χ2n) is 5.93. The van der Waals surface area contributed by atoms with Gasteiger partial charge in [0.1, 0.15) is 5.75 Å². The van der Waals surface area contributed by atoms with Crippen molar-refractivity contribution >= 4 is 23.3 Å². The molecule has 2 aromatic carbocycles. The van der Waals surface area contributed by atoms with E-state index in [9.17, 15) is 14.7 Å². The highest BCUT2D eigenvalue weighted by Gasteiger charge is 2.51. The number of hydrogen-bond donors (Lipinski definition) is 3. The van der Waals surface area contributed by atoms with Crippen molar-refractivity contribution < 1.29 is 24.2 Å². The maximum absolute atomic E-state index is 13.0. The maximum Gasteiger partial charge on any atom is 0.329 e. The van der Waals surface area contributed by atoms with Crippen LogP contribution in [-0.2, 0) is 15.3 Å². The van der Waals surface area contributed by atoms with Gasteiger partial charge in [-0.1, -0.05) is 24.3 Å². The van der Waals surface area contributed by atoms with Crippen LogP contribution in [0.4, 0.5) is 16.2 Å². The van der Waals surface area contributed by atoms with E-state index in [2.05, 4.69) is 10.6 Å². The molecule has 1 heterocycles. The van der Waals surface area contributed by atoms with Gasteiger partial charge in [0.05, 0.1) is 25.1 Å². The first-order chi connectivity index (χ1) is 13.0. The number of hydrogen-bond acceptors (Lipinski definition) is 5. The lowest BCUT2D eigenvalue weighted by atomic mass is 9.95. The molecule has 1 aliphatic heterocycles. The number of anilines is 2. The number of methoxy groups -OCH3 is 2. The zero-order valence-electron chi connectivity index (χ0n) is 15.1. The van der Waals surface area contributed by atoms with Crippen molar-refractivity contribution in [1.82, 2.24) is 5.32 Å². The average Bonchev–Trinajstić information content (AvgIpc) is 2.68. The number of nitrogens with zero attached hydrogens (tertiary/aromatic N) is 1. The molecule has 27 heavy (non-hydrogen) atoms. The Morgan fingerprint density at radius 1 is 1.22 bits per heavy atom. The third-order valence-corrected chi connectivity index (χ3v) is 4.29. The number of benzene rings is 2. The minimum absolute atomic E-state index is 0.188. The first-order valence-corrected chi connectivity index (χ1v) is 8.36. The molecule has 0 bridgehead atoms. The smallest absolute Gasteiger partial charge is 0.329 e. The maximum atomic E-state index is 13.0. The number of fused-ring (bicyclic) bond motifs is 1. The van der Waals surface area contributed by atoms with Gasteiger partial charge in [-0.3, -0.25) is 9.69 Å². The summed E-state index contributed by atoms with van der Waals surface area (Å²) in [4.78, 5) is 26.8. The van der Waals surface area contributed by atoms with Crippen LogP contribution in [0.15, 0.2) is 48.5 Å². The molecule has 0 saturated heterocycles. The van der Waals surface area contributed by atoms with Gasteiger partial charge in [-0.2, -0.15) is 0 Å². The summed E-state index contributed by atoms with van der Waals surface area (Å²) in [5.74, 6) is -0.244. The molecular formula is C19H21N3O5. The Morgan fingerprint density at radius 3 is 2.74 bits per heavy atom. The minimum atomic E-state index is -2.24. The molecule has 2 aromatic rings. The molecule has 1 aliphatic rings. The van der Waals surface area contributed by atoms with Gasteiger partial charge in [0.2, 0.25) is 0 Å². The zero-order chi connectivity index (χ0) is 19.4. The Morgan fingerprint density at radius 2 is 2.00 bits per heavy atom. The molecule has 8 heteroatoms. The zero-order valence-corrected chi connectivity index (χ0v) is 15.1. The Kier molecular flexibility index (Phi) is 5.29. The van der Waals surface area contributed by atoms with E-state index in [0.717, 1.165) is 4.90 Å². The highest BCUT2D eigenvalue weighted by atomic mass is 16.5. The minimum Gasteiger partial charge on any atom is -0.497 e. The van der Waals surface area contributed by atoms with Gasteiger partial charge in [0, 0.05) is 25.3 Å². The van der Waals surface area contributed by atoms with Crippen molar-refractivity contribution in [2.75, 3.05) is 37.6 Å². The van der Waals surface area contributed by atoms with E-state index in [-0.39, 0.29) is 18.7 Å². The van der Waals surface area contributed by atoms with Crippen LogP contribution in [-0.4, -0.2) is 44.4 Å². The van der Waals surface area contributed by atoms with Crippen LogP contribution < -0.4 is 20.3 Å². The summed E-state index contributed by atoms with van der Waals surface area (Å²) in [6.07, 6.45) is 0. The first kappa shape index (κ1) is 18.7. The normalized spacial score (nSPS) is 18.5. The predicted molar refractivity (Wildman–Crippen MR) is 99.7 cm³/mol. The second-order valence-corrected chi connectivity index (χ2v) is 5.93. The molecule has 0 aromatic heterocycles. The van der Waals surface area contributed by atoms with Crippen LogP contribution >= 0.6 is 0 Å². The summed E-state index contributed by atoms with van der Waals surface area (Å²) >= 11 is 0. The number of amides is 3. The van der Waals surface area contributed by atoms with Crippen LogP contribution in [0.5, 0.6) is 5.75 Å². The number of para-hydroxylation sites is 1. The number of rotatable bonds is 6. The highest BCUT2D eigenvalue weighted by molar-refractivity contribution is 6.11. The topological polar surface area (TPSA) is 100 Å². The van der Waals surface area contributed by atoms with E-state index in [4.69, 9.17) is 9.47 Å². The molecule has 3 rings (SSSR count). The quantitative estimate of drug-likeness (QED) is 0.671. The monoisotopic (exact) mass is 371 g/mol. The summed E-state index contributed by atoms with van der Waals surface area (Å²) in [7, 11) is 3.00. The largest absolute Gasteiger partial charge is 0.497 e. The predicted octanol–water partition coefficient (Wildman–Crippen LogP) is 1.65. The SMILES string of the molecule is COCCNC(=O)C1(O)c2ccccc2NC(=O)N1c1cccc(OC)c1. The van der Waals surface area contributed by atoms with E-state index >= 15 is 0 Å². The van der Waals surface area contributed by atoms with Gasteiger partial charge in [-0.05, 0) is 18.2 Å². The molecule has 1 unspecified atom stereocenters. The van der Waals surface area contributed by atoms with Crippen molar-refractivity contribution in [1.29, 1.82) is 0 Å². The third kappa shape index (κ3) is 3.32. The van der Waals surface area contributed by atoms with Crippen LogP contribution in [0.3, 0.4) is 0 Å². The Bertz CT molecular complexity index is 857. The summed E-state index contributed by atoms with van der Waals surface area (Å²) in [5.41, 5.74) is -1.29. The third-order valence-electron chi connectivity index (χ3n) is 4.29. The van der Waals surface area contributed by atoms with Gasteiger partial charge in [-0.15, -0.1) is 0 Å². The standard InChI is InChI=1S/C19H21N3O5/c1-26-11-10-20-17(23)19(25)15-8-3-4-9-16(15)21-18(24)22(19)13-6-5-7-14(12-13)27-2/h3-9,12,25H,10-11H2,1-2H3,(H,20,23)(H,21,24). The average molecular weight is 371 g/mol. The van der Waals surface area contributed by atoms with E-state index in [1.807, 2.05) is 0 Å². The highest BCUT2D eigenvalue weighted by Crippen LogP contribution is 2.40. The first-order valence-electron chi connectivity index (χ1n) is 8.36. The fourth-order valence-corrected chi connectivity index (χ4v) is 3.00. The van der Waals surface area contributed by atoms with Crippen molar-refractivity contribution in [3.8, 4) is 5.75 Å². The molecule has 0 fully saturated rings. The lowest BCUT2D eigenvalue weighted by Crippen LogP contribution is -2.62. The summed E-state index contributed by atoms with van der Waals surface area (Å²) < 4.78 is 10.1. The molecule has 3 amide bonds. The molecule has 0 aliphatic carbocycles. The molecule has 0 radical (unpaired) electrons. The van der Waals surface area contributed by atoms with Crippen molar-refractivity contribution in [2.24, 2.45) is 0 Å². The number of nitrogens with one attached hydrogen (secondary N) is 2. The molecular weight excluding hydrogens is 350 g/mol. The number of ether oxygens (including phenoxy) is 2. The van der Waals surface area contributed by atoms with Crippen LogP contribution in [0.2, 0.25) is 0 Å². The summed E-state index contributed by atoms with van der Waals surface area (Å²) in [6, 6.07) is 12.6. The van der Waals surface area contributed by atoms with E-state index in [1.54, 1.807) is 48.5 Å². The number of urea groups is 1. The number of aliphatic hydroxyl groups is 1. The van der Waals surface area contributed by atoms with Gasteiger partial charge in [0.25, 0.3) is 11.6 Å². The van der Waals surface area contributed by atoms with Gasteiger partial charge in [0.15, 0.2) is 0 Å². The van der Waals surface area contributed by atoms with Crippen molar-refractivity contribution in [3.05, 3.63) is 54.1 Å². The Balaban J connectivity index is 2.11. The lowest BCUT2D eigenvalue weighted by Gasteiger charge is -2.42. The van der Waals surface area contributed by atoms with Gasteiger partial charge < -0.3 is 25.2 Å². The molecule has 142 valence electrons. The van der Waals surface area contributed by atoms with Crippen molar-refractivity contribution in [2.45, 2.75) is 5.72 Å². The van der Waals surface area contributed by atoms with E-state index < -0.39 is 17.7 Å². The number of carbonyl (C=O) groups is 2. The van der Waals surface area contributed by atoms with Crippen LogP contribution in [0.25, 0.3) is 0 Å². The lowest BCUT2D eigenvalue weighted by molar-refractivity contribution is -0.140. The Labute approximate surface area is 156 Å². The molecule has 8 nitrogen and oxygen atoms in total. The van der Waals surface area contributed by atoms with Crippen LogP contribution in [0, 0.1) is 0 Å². The van der Waals surface area contributed by atoms with Crippen LogP contribution in [0.1, 0.15) is 5.56 Å². The molecule has 0 saturated carbocycles. The molecule has 1 atom stereocenters. The van der Waals surface area contributed by atoms with Crippen molar-refractivity contribution in [3.63, 3.8) is 0 Å². The fourth-order valence-electron chi connectivity index (χ4n) is 3.00. The van der Waals surface area contributed by atoms with Gasteiger partial charge >= 0.3 is 6.03 Å². The van der Waals surface area contributed by atoms with E-state index in [0.29, 0.717) is 17.1 Å². The molecule has 0 spiro atoms. The van der Waals surface area contributed by atoms with Gasteiger partial charge in [-0.25, -0.2) is 4.79 Å². The Hall–Kier alpha value is -3.10. The fraction of sp³-hybridized carbons (Fsp3) is 0.263. The summed E-state index contributed by atoms with van der Waals surface area (Å²) in [5, 5.41) is 16.8. The summed E-state index contributed by atoms with van der Waals surface area (Å²) in [6.45, 7) is 0.461. The molecule has 3 N–H and O–H groups in total. The van der Waals surface area contributed by atoms with E-state index in [1.165, 1.54) is 14.2 Å².